The molecule has 4 nitrogen and oxygen atoms in total. The quantitative estimate of drug-likeness (QED) is 0.277. The number of fused-ring (bicyclic) bond motifs is 1. The Balaban J connectivity index is 0.00000280. The summed E-state index contributed by atoms with van der Waals surface area (Å²) in [7, 11) is 0. The fourth-order valence-corrected chi connectivity index (χ4v) is 3.36. The summed E-state index contributed by atoms with van der Waals surface area (Å²) in [6, 6.07) is 14.1. The molecule has 150 valence electrons. The summed E-state index contributed by atoms with van der Waals surface area (Å²) in [6.45, 7) is 3.22. The number of aromatic nitrogens is 1. The van der Waals surface area contributed by atoms with Crippen LogP contribution in [0.5, 0.6) is 0 Å². The van der Waals surface area contributed by atoms with Crippen LogP contribution in [0.25, 0.3) is 10.8 Å². The zero-order valence-corrected chi connectivity index (χ0v) is 18.2. The van der Waals surface area contributed by atoms with E-state index in [9.17, 15) is 13.2 Å². The van der Waals surface area contributed by atoms with Crippen LogP contribution in [0.2, 0.25) is 0 Å². The van der Waals surface area contributed by atoms with E-state index in [1.807, 2.05) is 43.3 Å². The van der Waals surface area contributed by atoms with Gasteiger partial charge in [0.05, 0.1) is 13.1 Å². The molecule has 0 bridgehead atoms. The van der Waals surface area contributed by atoms with Crippen molar-refractivity contribution in [3.05, 3.63) is 64.1 Å². The summed E-state index contributed by atoms with van der Waals surface area (Å²) in [5.41, 5.74) is 0.223. The van der Waals surface area contributed by atoms with Crippen LogP contribution in [0, 0.1) is 0 Å². The second kappa shape index (κ2) is 10.1. The minimum atomic E-state index is -4.41. The lowest BCUT2D eigenvalue weighted by molar-refractivity contribution is -0.140. The van der Waals surface area contributed by atoms with E-state index >= 15 is 0 Å². The highest BCUT2D eigenvalue weighted by Crippen LogP contribution is 2.29. The van der Waals surface area contributed by atoms with E-state index in [1.54, 1.807) is 0 Å². The van der Waals surface area contributed by atoms with E-state index < -0.39 is 11.9 Å². The number of hydrogen-bond donors (Lipinski definition) is 2. The Morgan fingerprint density at radius 2 is 1.86 bits per heavy atom. The van der Waals surface area contributed by atoms with E-state index in [-0.39, 0.29) is 30.5 Å². The summed E-state index contributed by atoms with van der Waals surface area (Å²) in [6.07, 6.45) is -4.41. The number of halogens is 4. The van der Waals surface area contributed by atoms with E-state index in [2.05, 4.69) is 26.7 Å². The first-order valence-corrected chi connectivity index (χ1v) is 9.35. The number of hydrogen-bond acceptors (Lipinski definition) is 3. The normalized spacial score (nSPS) is 11.9. The molecule has 1 aromatic heterocycles. The topological polar surface area (TPSA) is 49.3 Å². The summed E-state index contributed by atoms with van der Waals surface area (Å²) >= 11 is 0.976. The molecule has 1 heterocycles. The molecule has 0 spiro atoms. The average Bonchev–Trinajstić information content (AvgIpc) is 3.13. The molecule has 0 aliphatic carbocycles. The third-order valence-corrected chi connectivity index (χ3v) is 4.73. The minimum absolute atomic E-state index is 0. The molecule has 3 aromatic rings. The van der Waals surface area contributed by atoms with Gasteiger partial charge in [0.15, 0.2) is 11.7 Å². The van der Waals surface area contributed by atoms with E-state index in [1.165, 1.54) is 0 Å². The Kier molecular flexibility index (Phi) is 8.05. The molecular formula is C19H20F3IN4S. The summed E-state index contributed by atoms with van der Waals surface area (Å²) < 4.78 is 37.9. The fraction of sp³-hybridized carbons (Fsp3) is 0.263. The summed E-state index contributed by atoms with van der Waals surface area (Å²) in [5, 5.41) is 9.80. The van der Waals surface area contributed by atoms with Gasteiger partial charge < -0.3 is 10.6 Å². The number of benzene rings is 2. The van der Waals surface area contributed by atoms with Gasteiger partial charge in [-0.1, -0.05) is 42.5 Å². The number of guanidine groups is 1. The Bertz CT molecular complexity index is 935. The lowest BCUT2D eigenvalue weighted by atomic mass is 10.1. The SMILES string of the molecule is CCNC(=NCc1cccc2ccccc12)NCc1nc(C(F)(F)F)cs1.I. The molecule has 0 fully saturated rings. The van der Waals surface area contributed by atoms with E-state index in [0.717, 1.165) is 33.1 Å². The monoisotopic (exact) mass is 520 g/mol. The van der Waals surface area contributed by atoms with Gasteiger partial charge in [0.1, 0.15) is 5.01 Å². The van der Waals surface area contributed by atoms with Crippen LogP contribution in [0.15, 0.2) is 52.8 Å². The molecule has 2 N–H and O–H groups in total. The van der Waals surface area contributed by atoms with Crippen LogP contribution in [0.1, 0.15) is 23.2 Å². The fourth-order valence-electron chi connectivity index (χ4n) is 2.62. The van der Waals surface area contributed by atoms with Gasteiger partial charge in [-0.05, 0) is 23.3 Å². The highest BCUT2D eigenvalue weighted by molar-refractivity contribution is 14.0. The molecule has 0 saturated carbocycles. The van der Waals surface area contributed by atoms with Crippen molar-refractivity contribution >= 4 is 52.0 Å². The molecule has 2 aromatic carbocycles. The van der Waals surface area contributed by atoms with Crippen LogP contribution >= 0.6 is 35.3 Å². The second-order valence-corrected chi connectivity index (χ2v) is 6.75. The standard InChI is InChI=1S/C19H19F3N4S.HI/c1-2-23-18(25-11-17-26-16(12-27-17)19(20,21)22)24-10-14-8-5-7-13-6-3-4-9-15(13)14;/h3-9,12H,2,10-11H2,1H3,(H2,23,24,25);1H. The maximum Gasteiger partial charge on any atom is 0.434 e. The first-order valence-electron chi connectivity index (χ1n) is 8.48. The molecule has 0 radical (unpaired) electrons. The van der Waals surface area contributed by atoms with Gasteiger partial charge in [-0.25, -0.2) is 9.98 Å². The smallest absolute Gasteiger partial charge is 0.357 e. The third kappa shape index (κ3) is 5.81. The lowest BCUT2D eigenvalue weighted by Crippen LogP contribution is -2.36. The van der Waals surface area contributed by atoms with Crippen LogP contribution in [-0.4, -0.2) is 17.5 Å². The van der Waals surface area contributed by atoms with Gasteiger partial charge in [-0.3, -0.25) is 0 Å². The highest BCUT2D eigenvalue weighted by Gasteiger charge is 2.33. The zero-order chi connectivity index (χ0) is 19.3. The van der Waals surface area contributed by atoms with Crippen molar-refractivity contribution in [2.45, 2.75) is 26.2 Å². The van der Waals surface area contributed by atoms with Crippen molar-refractivity contribution in [2.24, 2.45) is 4.99 Å². The number of nitrogens with zero attached hydrogens (tertiary/aromatic N) is 2. The molecule has 3 rings (SSSR count). The van der Waals surface area contributed by atoms with Crippen molar-refractivity contribution in [2.75, 3.05) is 6.54 Å². The largest absolute Gasteiger partial charge is 0.434 e. The van der Waals surface area contributed by atoms with Gasteiger partial charge in [0.25, 0.3) is 0 Å². The van der Waals surface area contributed by atoms with E-state index in [0.29, 0.717) is 24.1 Å². The molecule has 9 heteroatoms. The molecule has 0 aliphatic rings. The predicted octanol–water partition coefficient (Wildman–Crippen LogP) is 5.19. The molecule has 0 saturated heterocycles. The van der Waals surface area contributed by atoms with Gasteiger partial charge in [0, 0.05) is 11.9 Å². The number of thiazole rings is 1. The first kappa shape index (κ1) is 22.4. The average molecular weight is 520 g/mol. The highest BCUT2D eigenvalue weighted by atomic mass is 127. The van der Waals surface area contributed by atoms with Gasteiger partial charge in [-0.2, -0.15) is 13.2 Å². The van der Waals surface area contributed by atoms with Crippen molar-refractivity contribution in [1.82, 2.24) is 15.6 Å². The second-order valence-electron chi connectivity index (χ2n) is 5.81. The molecule has 0 aliphatic heterocycles. The molecular weight excluding hydrogens is 500 g/mol. The van der Waals surface area contributed by atoms with Crippen LogP contribution in [-0.2, 0) is 19.3 Å². The zero-order valence-electron chi connectivity index (χ0n) is 15.1. The maximum absolute atomic E-state index is 12.6. The van der Waals surface area contributed by atoms with Crippen molar-refractivity contribution in [3.63, 3.8) is 0 Å². The molecule has 0 atom stereocenters. The Morgan fingerprint density at radius 3 is 2.57 bits per heavy atom. The van der Waals surface area contributed by atoms with Gasteiger partial charge in [0.2, 0.25) is 0 Å². The number of alkyl halides is 3. The number of rotatable bonds is 5. The van der Waals surface area contributed by atoms with Gasteiger partial charge in [-0.15, -0.1) is 35.3 Å². The van der Waals surface area contributed by atoms with Crippen molar-refractivity contribution < 1.29 is 13.2 Å². The van der Waals surface area contributed by atoms with Crippen molar-refractivity contribution in [3.8, 4) is 0 Å². The van der Waals surface area contributed by atoms with Gasteiger partial charge >= 0.3 is 6.18 Å². The third-order valence-electron chi connectivity index (χ3n) is 3.88. The van der Waals surface area contributed by atoms with Crippen molar-refractivity contribution in [1.29, 1.82) is 0 Å². The Labute approximate surface area is 182 Å². The molecule has 0 amide bonds. The van der Waals surface area contributed by atoms with Crippen LogP contribution in [0.4, 0.5) is 13.2 Å². The van der Waals surface area contributed by atoms with E-state index in [4.69, 9.17) is 0 Å². The Morgan fingerprint density at radius 1 is 1.11 bits per heavy atom. The van der Waals surface area contributed by atoms with Crippen LogP contribution in [0.3, 0.4) is 0 Å². The first-order chi connectivity index (χ1) is 13.0. The van der Waals surface area contributed by atoms with Crippen LogP contribution < -0.4 is 10.6 Å². The molecule has 28 heavy (non-hydrogen) atoms. The Hall–Kier alpha value is -1.88. The maximum atomic E-state index is 12.6. The lowest BCUT2D eigenvalue weighted by Gasteiger charge is -2.11. The molecule has 0 unspecified atom stereocenters. The summed E-state index contributed by atoms with van der Waals surface area (Å²) in [5.74, 6) is 0.536. The number of nitrogens with one attached hydrogen (secondary N) is 2. The number of aliphatic imine (C=N–C) groups is 1. The predicted molar refractivity (Wildman–Crippen MR) is 118 cm³/mol. The summed E-state index contributed by atoms with van der Waals surface area (Å²) in [4.78, 5) is 8.17. The minimum Gasteiger partial charge on any atom is -0.357 e.